The van der Waals surface area contributed by atoms with Crippen molar-refractivity contribution in [2.45, 2.75) is 31.8 Å². The van der Waals surface area contributed by atoms with E-state index in [0.717, 1.165) is 0 Å². The highest BCUT2D eigenvalue weighted by Gasteiger charge is 2.23. The molecule has 1 saturated carbocycles. The summed E-state index contributed by atoms with van der Waals surface area (Å²) in [6, 6.07) is 21.3. The Labute approximate surface area is 116 Å². The third kappa shape index (κ3) is 3.23. The van der Waals surface area contributed by atoms with Gasteiger partial charge in [0.25, 0.3) is 0 Å². The predicted molar refractivity (Wildman–Crippen MR) is 82.4 cm³/mol. The van der Waals surface area contributed by atoms with Crippen LogP contribution >= 0.6 is 8.15 Å². The summed E-state index contributed by atoms with van der Waals surface area (Å²) >= 11 is 0. The monoisotopic (exact) mass is 270 g/mol. The van der Waals surface area contributed by atoms with Crippen LogP contribution in [-0.4, -0.2) is 6.10 Å². The minimum absolute atomic E-state index is 0.450. The van der Waals surface area contributed by atoms with E-state index in [1.54, 1.807) is 0 Å². The first kappa shape index (κ1) is 12.8. The molecule has 98 valence electrons. The highest BCUT2D eigenvalue weighted by molar-refractivity contribution is 7.68. The van der Waals surface area contributed by atoms with E-state index in [9.17, 15) is 0 Å². The normalized spacial score (nSPS) is 16.1. The van der Waals surface area contributed by atoms with E-state index in [4.69, 9.17) is 4.52 Å². The summed E-state index contributed by atoms with van der Waals surface area (Å²) in [4.78, 5) is 0. The van der Waals surface area contributed by atoms with E-state index >= 15 is 0 Å². The van der Waals surface area contributed by atoms with Crippen molar-refractivity contribution in [3.05, 3.63) is 60.7 Å². The summed E-state index contributed by atoms with van der Waals surface area (Å²) in [6.45, 7) is 0. The molecule has 0 amide bonds. The van der Waals surface area contributed by atoms with Crippen LogP contribution in [0.1, 0.15) is 25.7 Å². The van der Waals surface area contributed by atoms with Gasteiger partial charge in [-0.3, -0.25) is 0 Å². The van der Waals surface area contributed by atoms with Crippen molar-refractivity contribution in [2.75, 3.05) is 0 Å². The lowest BCUT2D eigenvalue weighted by Crippen LogP contribution is -2.17. The standard InChI is InChI=1S/C17H19OP/c1-3-11-16(12-4-1)19(17-13-5-2-6-14-17)18-15-9-7-8-10-15/h1-6,11-15H,7-10H2. The summed E-state index contributed by atoms with van der Waals surface area (Å²) in [5.41, 5.74) is 0. The van der Waals surface area contributed by atoms with Crippen LogP contribution in [0.4, 0.5) is 0 Å². The fourth-order valence-corrected chi connectivity index (χ4v) is 4.48. The van der Waals surface area contributed by atoms with E-state index in [2.05, 4.69) is 60.7 Å². The highest BCUT2D eigenvalue weighted by atomic mass is 31.1. The summed E-state index contributed by atoms with van der Waals surface area (Å²) in [5, 5.41) is 2.63. The summed E-state index contributed by atoms with van der Waals surface area (Å²) in [6.07, 6.45) is 5.53. The van der Waals surface area contributed by atoms with E-state index < -0.39 is 8.15 Å². The molecule has 0 bridgehead atoms. The summed E-state index contributed by atoms with van der Waals surface area (Å²) < 4.78 is 6.45. The second-order valence-corrected chi connectivity index (χ2v) is 6.81. The molecule has 0 heterocycles. The fraction of sp³-hybridized carbons (Fsp3) is 0.294. The average Bonchev–Trinajstić information content (AvgIpc) is 3.00. The number of benzene rings is 2. The van der Waals surface area contributed by atoms with Gasteiger partial charge in [-0.1, -0.05) is 73.5 Å². The third-order valence-corrected chi connectivity index (χ3v) is 5.58. The first-order chi connectivity index (χ1) is 9.43. The van der Waals surface area contributed by atoms with Crippen LogP contribution in [-0.2, 0) is 4.52 Å². The molecular formula is C17H19OP. The molecule has 1 aliphatic carbocycles. The molecular weight excluding hydrogens is 251 g/mol. The molecule has 0 radical (unpaired) electrons. The third-order valence-electron chi connectivity index (χ3n) is 3.54. The van der Waals surface area contributed by atoms with Crippen molar-refractivity contribution >= 4 is 18.8 Å². The van der Waals surface area contributed by atoms with Crippen molar-refractivity contribution in [3.63, 3.8) is 0 Å². The highest BCUT2D eigenvalue weighted by Crippen LogP contribution is 2.40. The SMILES string of the molecule is c1ccc(P(OC2CCCC2)c2ccccc2)cc1. The van der Waals surface area contributed by atoms with E-state index in [1.807, 2.05) is 0 Å². The van der Waals surface area contributed by atoms with Gasteiger partial charge in [0, 0.05) is 10.6 Å². The minimum atomic E-state index is -0.662. The predicted octanol–water partition coefficient (Wildman–Crippen LogP) is 3.99. The summed E-state index contributed by atoms with van der Waals surface area (Å²) in [7, 11) is -0.662. The van der Waals surface area contributed by atoms with Crippen LogP contribution in [0.15, 0.2) is 60.7 Å². The van der Waals surface area contributed by atoms with Crippen molar-refractivity contribution in [2.24, 2.45) is 0 Å². The molecule has 0 spiro atoms. The number of hydrogen-bond donors (Lipinski definition) is 0. The topological polar surface area (TPSA) is 9.23 Å². The van der Waals surface area contributed by atoms with Crippen LogP contribution in [0, 0.1) is 0 Å². The Morgan fingerprint density at radius 2 is 1.21 bits per heavy atom. The van der Waals surface area contributed by atoms with E-state index in [-0.39, 0.29) is 0 Å². The Bertz CT molecular complexity index is 452. The first-order valence-corrected chi connectivity index (χ1v) is 8.26. The Morgan fingerprint density at radius 1 is 0.737 bits per heavy atom. The molecule has 19 heavy (non-hydrogen) atoms. The van der Waals surface area contributed by atoms with Crippen molar-refractivity contribution < 1.29 is 4.52 Å². The average molecular weight is 270 g/mol. The Morgan fingerprint density at radius 3 is 1.68 bits per heavy atom. The zero-order chi connectivity index (χ0) is 12.9. The van der Waals surface area contributed by atoms with Crippen molar-refractivity contribution in [1.29, 1.82) is 0 Å². The van der Waals surface area contributed by atoms with Crippen LogP contribution in [0.3, 0.4) is 0 Å². The lowest BCUT2D eigenvalue weighted by molar-refractivity contribution is 0.241. The lowest BCUT2D eigenvalue weighted by Gasteiger charge is -2.22. The fourth-order valence-electron chi connectivity index (χ4n) is 2.54. The molecule has 1 fully saturated rings. The largest absolute Gasteiger partial charge is 0.346 e. The number of hydrogen-bond acceptors (Lipinski definition) is 1. The van der Waals surface area contributed by atoms with Gasteiger partial charge in [-0.15, -0.1) is 0 Å². The molecule has 2 heteroatoms. The van der Waals surface area contributed by atoms with Gasteiger partial charge >= 0.3 is 0 Å². The van der Waals surface area contributed by atoms with E-state index in [0.29, 0.717) is 6.10 Å². The molecule has 0 aliphatic heterocycles. The van der Waals surface area contributed by atoms with Gasteiger partial charge in [-0.05, 0) is 12.8 Å². The van der Waals surface area contributed by atoms with Gasteiger partial charge in [-0.2, -0.15) is 0 Å². The van der Waals surface area contributed by atoms with Gasteiger partial charge in [0.05, 0.1) is 14.3 Å². The van der Waals surface area contributed by atoms with Gasteiger partial charge in [0.2, 0.25) is 0 Å². The maximum atomic E-state index is 6.45. The molecule has 1 nitrogen and oxygen atoms in total. The maximum Gasteiger partial charge on any atom is 0.0921 e. The molecule has 0 saturated heterocycles. The summed E-state index contributed by atoms with van der Waals surface area (Å²) in [5.74, 6) is 0. The molecule has 0 aromatic heterocycles. The molecule has 2 aromatic carbocycles. The van der Waals surface area contributed by atoms with Gasteiger partial charge < -0.3 is 4.52 Å². The Kier molecular flexibility index (Phi) is 4.27. The smallest absolute Gasteiger partial charge is 0.0921 e. The second-order valence-electron chi connectivity index (χ2n) is 4.98. The maximum absolute atomic E-state index is 6.45. The molecule has 0 unspecified atom stereocenters. The Balaban J connectivity index is 1.87. The molecule has 2 aromatic rings. The van der Waals surface area contributed by atoms with Crippen LogP contribution in [0.25, 0.3) is 0 Å². The van der Waals surface area contributed by atoms with Crippen LogP contribution in [0.2, 0.25) is 0 Å². The van der Waals surface area contributed by atoms with Gasteiger partial charge in [0.1, 0.15) is 0 Å². The quantitative estimate of drug-likeness (QED) is 0.763. The van der Waals surface area contributed by atoms with Crippen LogP contribution in [0.5, 0.6) is 0 Å². The van der Waals surface area contributed by atoms with E-state index in [1.165, 1.54) is 36.3 Å². The van der Waals surface area contributed by atoms with Gasteiger partial charge in [-0.25, -0.2) is 0 Å². The molecule has 0 N–H and O–H groups in total. The second kappa shape index (κ2) is 6.32. The molecule has 3 rings (SSSR count). The Hall–Kier alpha value is -1.17. The zero-order valence-electron chi connectivity index (χ0n) is 11.0. The molecule has 0 atom stereocenters. The zero-order valence-corrected chi connectivity index (χ0v) is 11.9. The van der Waals surface area contributed by atoms with Crippen LogP contribution < -0.4 is 10.6 Å². The first-order valence-electron chi connectivity index (χ1n) is 7.00. The van der Waals surface area contributed by atoms with Crippen molar-refractivity contribution in [3.8, 4) is 0 Å². The van der Waals surface area contributed by atoms with Gasteiger partial charge in [0.15, 0.2) is 0 Å². The molecule has 1 aliphatic rings. The van der Waals surface area contributed by atoms with Crippen molar-refractivity contribution in [1.82, 2.24) is 0 Å². The minimum Gasteiger partial charge on any atom is -0.346 e. The number of rotatable bonds is 4. The lowest BCUT2D eigenvalue weighted by atomic mass is 10.3.